The van der Waals surface area contributed by atoms with Gasteiger partial charge in [-0.3, -0.25) is 4.79 Å². The van der Waals surface area contributed by atoms with Crippen LogP contribution in [-0.2, 0) is 0 Å². The molecule has 1 saturated heterocycles. The van der Waals surface area contributed by atoms with Gasteiger partial charge in [0.2, 0.25) is 0 Å². The normalized spacial score (nSPS) is 18.6. The summed E-state index contributed by atoms with van der Waals surface area (Å²) < 4.78 is 0. The van der Waals surface area contributed by atoms with Crippen molar-refractivity contribution < 1.29 is 4.79 Å². The Morgan fingerprint density at radius 2 is 1.87 bits per heavy atom. The van der Waals surface area contributed by atoms with Crippen molar-refractivity contribution in [1.29, 1.82) is 0 Å². The molecule has 0 aliphatic carbocycles. The summed E-state index contributed by atoms with van der Waals surface area (Å²) in [5, 5.41) is 0. The molecule has 1 fully saturated rings. The molecule has 1 atom stereocenters. The Morgan fingerprint density at radius 3 is 2.43 bits per heavy atom. The Balaban J connectivity index is 2.44. The van der Waals surface area contributed by atoms with E-state index in [1.54, 1.807) is 0 Å². The maximum atomic E-state index is 13.2. The summed E-state index contributed by atoms with van der Waals surface area (Å²) in [4.78, 5) is 17.5. The molecule has 4 nitrogen and oxygen atoms in total. The Bertz CT molecular complexity index is 546. The molecule has 128 valence electrons. The Kier molecular flexibility index (Phi) is 5.55. The molecule has 23 heavy (non-hydrogen) atoms. The van der Waals surface area contributed by atoms with Crippen molar-refractivity contribution in [3.63, 3.8) is 0 Å². The second-order valence-electron chi connectivity index (χ2n) is 7.21. The summed E-state index contributed by atoms with van der Waals surface area (Å²) in [6, 6.07) is 6.68. The SMILES string of the molecule is CC(C)N(c1ccc(N)cc1C(=O)N1CCCC[C@H]1C)C(C)C. The topological polar surface area (TPSA) is 49.6 Å². The zero-order valence-electron chi connectivity index (χ0n) is 15.2. The smallest absolute Gasteiger partial charge is 0.256 e. The van der Waals surface area contributed by atoms with E-state index in [4.69, 9.17) is 5.73 Å². The van der Waals surface area contributed by atoms with Crippen molar-refractivity contribution >= 4 is 17.3 Å². The van der Waals surface area contributed by atoms with Gasteiger partial charge in [-0.1, -0.05) is 0 Å². The minimum Gasteiger partial charge on any atom is -0.399 e. The number of piperidine rings is 1. The van der Waals surface area contributed by atoms with Gasteiger partial charge in [0.05, 0.1) is 11.3 Å². The summed E-state index contributed by atoms with van der Waals surface area (Å²) >= 11 is 0. The number of amides is 1. The van der Waals surface area contributed by atoms with Crippen LogP contribution in [0.5, 0.6) is 0 Å². The van der Waals surface area contributed by atoms with E-state index in [2.05, 4.69) is 39.5 Å². The van der Waals surface area contributed by atoms with E-state index >= 15 is 0 Å². The van der Waals surface area contributed by atoms with Crippen molar-refractivity contribution in [1.82, 2.24) is 4.90 Å². The highest BCUT2D eigenvalue weighted by atomic mass is 16.2. The predicted molar refractivity (Wildman–Crippen MR) is 98.0 cm³/mol. The molecule has 0 radical (unpaired) electrons. The van der Waals surface area contributed by atoms with Gasteiger partial charge < -0.3 is 15.5 Å². The maximum absolute atomic E-state index is 13.2. The van der Waals surface area contributed by atoms with Crippen LogP contribution in [0.3, 0.4) is 0 Å². The summed E-state index contributed by atoms with van der Waals surface area (Å²) in [6.07, 6.45) is 3.38. The fourth-order valence-electron chi connectivity index (χ4n) is 3.66. The molecule has 1 heterocycles. The van der Waals surface area contributed by atoms with Crippen LogP contribution < -0.4 is 10.6 Å². The molecule has 1 aromatic rings. The monoisotopic (exact) mass is 317 g/mol. The van der Waals surface area contributed by atoms with Crippen molar-refractivity contribution in [3.05, 3.63) is 23.8 Å². The molecule has 1 amide bonds. The molecule has 0 unspecified atom stereocenters. The Hall–Kier alpha value is -1.71. The average Bonchev–Trinajstić information content (AvgIpc) is 2.48. The third-order valence-electron chi connectivity index (χ3n) is 4.71. The van der Waals surface area contributed by atoms with Gasteiger partial charge in [0.25, 0.3) is 5.91 Å². The number of hydrogen-bond donors (Lipinski definition) is 1. The van der Waals surface area contributed by atoms with Gasteiger partial charge in [-0.25, -0.2) is 0 Å². The minimum absolute atomic E-state index is 0.116. The van der Waals surface area contributed by atoms with E-state index in [0.717, 1.165) is 30.6 Å². The zero-order chi connectivity index (χ0) is 17.1. The molecule has 2 N–H and O–H groups in total. The first-order valence-corrected chi connectivity index (χ1v) is 8.81. The second kappa shape index (κ2) is 7.24. The van der Waals surface area contributed by atoms with Gasteiger partial charge in [-0.2, -0.15) is 0 Å². The van der Waals surface area contributed by atoms with Gasteiger partial charge in [0.15, 0.2) is 0 Å². The van der Waals surface area contributed by atoms with Crippen LogP contribution in [0, 0.1) is 0 Å². The lowest BCUT2D eigenvalue weighted by atomic mass is 10.0. The van der Waals surface area contributed by atoms with Crippen LogP contribution in [0.2, 0.25) is 0 Å². The predicted octanol–water partition coefficient (Wildman–Crippen LogP) is 3.91. The first-order valence-electron chi connectivity index (χ1n) is 8.81. The van der Waals surface area contributed by atoms with Crippen LogP contribution in [0.15, 0.2) is 18.2 Å². The Labute approximate surface area is 140 Å². The molecular weight excluding hydrogens is 286 g/mol. The third kappa shape index (κ3) is 3.80. The largest absolute Gasteiger partial charge is 0.399 e. The van der Waals surface area contributed by atoms with Crippen LogP contribution >= 0.6 is 0 Å². The summed E-state index contributed by atoms with van der Waals surface area (Å²) in [6.45, 7) is 11.6. The molecule has 2 rings (SSSR count). The third-order valence-corrected chi connectivity index (χ3v) is 4.71. The number of anilines is 2. The highest BCUT2D eigenvalue weighted by Crippen LogP contribution is 2.30. The lowest BCUT2D eigenvalue weighted by molar-refractivity contribution is 0.0636. The van der Waals surface area contributed by atoms with E-state index in [0.29, 0.717) is 23.8 Å². The van der Waals surface area contributed by atoms with E-state index < -0.39 is 0 Å². The fraction of sp³-hybridized carbons (Fsp3) is 0.632. The molecule has 1 aliphatic heterocycles. The van der Waals surface area contributed by atoms with Gasteiger partial charge >= 0.3 is 0 Å². The summed E-state index contributed by atoms with van der Waals surface area (Å²) in [5.41, 5.74) is 8.37. The van der Waals surface area contributed by atoms with Gasteiger partial charge in [0, 0.05) is 30.4 Å². The summed E-state index contributed by atoms with van der Waals surface area (Å²) in [5.74, 6) is 0.116. The number of nitrogens with zero attached hydrogens (tertiary/aromatic N) is 2. The quantitative estimate of drug-likeness (QED) is 0.857. The first kappa shape index (κ1) is 17.6. The van der Waals surface area contributed by atoms with Gasteiger partial charge in [0.1, 0.15) is 0 Å². The lowest BCUT2D eigenvalue weighted by Gasteiger charge is -2.37. The van der Waals surface area contributed by atoms with Crippen LogP contribution in [0.1, 0.15) is 64.2 Å². The molecule has 1 aliphatic rings. The number of hydrogen-bond acceptors (Lipinski definition) is 3. The highest BCUT2D eigenvalue weighted by molar-refractivity contribution is 6.01. The molecular formula is C19H31N3O. The number of likely N-dealkylation sites (tertiary alicyclic amines) is 1. The highest BCUT2D eigenvalue weighted by Gasteiger charge is 2.28. The average molecular weight is 317 g/mol. The Morgan fingerprint density at radius 1 is 1.22 bits per heavy atom. The number of nitrogens with two attached hydrogens (primary N) is 1. The first-order chi connectivity index (χ1) is 10.8. The number of rotatable bonds is 4. The second-order valence-corrected chi connectivity index (χ2v) is 7.21. The molecule has 0 saturated carbocycles. The van der Waals surface area contributed by atoms with E-state index in [-0.39, 0.29) is 5.91 Å². The molecule has 4 heteroatoms. The van der Waals surface area contributed by atoms with Crippen LogP contribution in [0.4, 0.5) is 11.4 Å². The number of benzene rings is 1. The van der Waals surface area contributed by atoms with Crippen molar-refractivity contribution in [2.75, 3.05) is 17.2 Å². The van der Waals surface area contributed by atoms with Crippen LogP contribution in [-0.4, -0.2) is 35.5 Å². The van der Waals surface area contributed by atoms with Crippen LogP contribution in [0.25, 0.3) is 0 Å². The van der Waals surface area contributed by atoms with Crippen molar-refractivity contribution in [2.24, 2.45) is 0 Å². The maximum Gasteiger partial charge on any atom is 0.256 e. The standard InChI is InChI=1S/C19H31N3O/c1-13(2)22(14(3)4)18-10-9-16(20)12-17(18)19(23)21-11-7-6-8-15(21)5/h9-10,12-15H,6-8,11,20H2,1-5H3/t15-/m1/s1. The number of carbonyl (C=O) groups excluding carboxylic acids is 1. The number of nitrogen functional groups attached to an aromatic ring is 1. The molecule has 0 spiro atoms. The molecule has 0 aromatic heterocycles. The van der Waals surface area contributed by atoms with E-state index in [9.17, 15) is 4.79 Å². The minimum atomic E-state index is 0.116. The van der Waals surface area contributed by atoms with Crippen molar-refractivity contribution in [2.45, 2.75) is 72.0 Å². The summed E-state index contributed by atoms with van der Waals surface area (Å²) in [7, 11) is 0. The lowest BCUT2D eigenvalue weighted by Crippen LogP contribution is -2.44. The fourth-order valence-corrected chi connectivity index (χ4v) is 3.66. The van der Waals surface area contributed by atoms with Crippen molar-refractivity contribution in [3.8, 4) is 0 Å². The number of carbonyl (C=O) groups is 1. The van der Waals surface area contributed by atoms with E-state index in [1.165, 1.54) is 6.42 Å². The van der Waals surface area contributed by atoms with Gasteiger partial charge in [-0.15, -0.1) is 0 Å². The zero-order valence-corrected chi connectivity index (χ0v) is 15.2. The van der Waals surface area contributed by atoms with Gasteiger partial charge in [-0.05, 0) is 72.1 Å². The van der Waals surface area contributed by atoms with E-state index in [1.807, 2.05) is 23.1 Å². The molecule has 0 bridgehead atoms. The molecule has 1 aromatic carbocycles.